The van der Waals surface area contributed by atoms with E-state index in [1.54, 1.807) is 0 Å². The highest BCUT2D eigenvalue weighted by atomic mass is 16.5. The Morgan fingerprint density at radius 1 is 1.30 bits per heavy atom. The Morgan fingerprint density at radius 3 is 2.65 bits per heavy atom. The fourth-order valence-corrected chi connectivity index (χ4v) is 2.32. The van der Waals surface area contributed by atoms with Crippen LogP contribution in [0.25, 0.3) is 0 Å². The van der Waals surface area contributed by atoms with E-state index < -0.39 is 0 Å². The maximum atomic E-state index is 5.63. The molecule has 2 rings (SSSR count). The summed E-state index contributed by atoms with van der Waals surface area (Å²) in [6, 6.07) is 1.98. The second-order valence-corrected chi connectivity index (χ2v) is 5.53. The van der Waals surface area contributed by atoms with E-state index in [1.165, 1.54) is 12.8 Å². The van der Waals surface area contributed by atoms with Crippen molar-refractivity contribution in [1.29, 1.82) is 0 Å². The highest BCUT2D eigenvalue weighted by Crippen LogP contribution is 2.18. The van der Waals surface area contributed by atoms with Crippen molar-refractivity contribution in [2.24, 2.45) is 0 Å². The van der Waals surface area contributed by atoms with Gasteiger partial charge in [0.25, 0.3) is 0 Å². The van der Waals surface area contributed by atoms with E-state index in [9.17, 15) is 0 Å². The van der Waals surface area contributed by atoms with E-state index in [2.05, 4.69) is 41.4 Å². The molecule has 5 heteroatoms. The molecular weight excluding hydrogens is 252 g/mol. The van der Waals surface area contributed by atoms with Crippen LogP contribution in [0.2, 0.25) is 0 Å². The van der Waals surface area contributed by atoms with Gasteiger partial charge in [-0.15, -0.1) is 0 Å². The minimum absolute atomic E-state index is 0.326. The van der Waals surface area contributed by atoms with Gasteiger partial charge in [-0.1, -0.05) is 13.8 Å². The quantitative estimate of drug-likeness (QED) is 0.803. The lowest BCUT2D eigenvalue weighted by Gasteiger charge is -2.13. The third-order valence-corrected chi connectivity index (χ3v) is 3.41. The molecule has 1 saturated heterocycles. The maximum absolute atomic E-state index is 5.63. The topological polar surface area (TPSA) is 59.1 Å². The van der Waals surface area contributed by atoms with Crippen LogP contribution in [-0.2, 0) is 4.74 Å². The molecule has 1 aliphatic heterocycles. The molecule has 20 heavy (non-hydrogen) atoms. The van der Waals surface area contributed by atoms with E-state index in [0.717, 1.165) is 43.6 Å². The van der Waals surface area contributed by atoms with E-state index >= 15 is 0 Å². The van der Waals surface area contributed by atoms with Crippen molar-refractivity contribution in [2.75, 3.05) is 30.3 Å². The molecule has 0 bridgehead atoms. The van der Waals surface area contributed by atoms with Crippen LogP contribution in [0.3, 0.4) is 0 Å². The third-order valence-electron chi connectivity index (χ3n) is 3.41. The molecule has 1 aromatic heterocycles. The van der Waals surface area contributed by atoms with Gasteiger partial charge in [0, 0.05) is 31.7 Å². The lowest BCUT2D eigenvalue weighted by Crippen LogP contribution is -2.14. The van der Waals surface area contributed by atoms with Crippen LogP contribution in [0, 0.1) is 0 Å². The van der Waals surface area contributed by atoms with Gasteiger partial charge in [-0.25, -0.2) is 9.97 Å². The molecule has 0 amide bonds. The normalized spacial score (nSPS) is 18.5. The largest absolute Gasteiger partial charge is 0.378 e. The first-order valence-electron chi connectivity index (χ1n) is 7.67. The number of ether oxygens (including phenoxy) is 1. The standard InChI is InChI=1S/C15H26N4O/c1-4-16-13-10-14(19-15(18-13)11(2)3)17-8-7-12-6-5-9-20-12/h10-12H,4-9H2,1-3H3,(H2,16,17,18,19). The summed E-state index contributed by atoms with van der Waals surface area (Å²) in [4.78, 5) is 9.10. The molecule has 0 aromatic carbocycles. The zero-order valence-electron chi connectivity index (χ0n) is 12.8. The smallest absolute Gasteiger partial charge is 0.135 e. The highest BCUT2D eigenvalue weighted by molar-refractivity contribution is 5.47. The molecular formula is C15H26N4O. The van der Waals surface area contributed by atoms with E-state index in [1.807, 2.05) is 6.07 Å². The Kier molecular flexibility index (Phi) is 5.59. The van der Waals surface area contributed by atoms with E-state index in [-0.39, 0.29) is 0 Å². The molecule has 0 radical (unpaired) electrons. The molecule has 1 fully saturated rings. The molecule has 1 aromatic rings. The molecule has 1 aliphatic rings. The minimum Gasteiger partial charge on any atom is -0.378 e. The molecule has 1 atom stereocenters. The zero-order valence-corrected chi connectivity index (χ0v) is 12.8. The van der Waals surface area contributed by atoms with Crippen LogP contribution in [0.1, 0.15) is 51.8 Å². The average molecular weight is 278 g/mol. The first kappa shape index (κ1) is 15.0. The van der Waals surface area contributed by atoms with Gasteiger partial charge in [0.15, 0.2) is 0 Å². The first-order chi connectivity index (χ1) is 9.69. The molecule has 0 spiro atoms. The predicted molar refractivity (Wildman–Crippen MR) is 82.4 cm³/mol. The zero-order chi connectivity index (χ0) is 14.4. The number of nitrogens with one attached hydrogen (secondary N) is 2. The molecule has 1 unspecified atom stereocenters. The average Bonchev–Trinajstić information content (AvgIpc) is 2.92. The van der Waals surface area contributed by atoms with Crippen LogP contribution >= 0.6 is 0 Å². The van der Waals surface area contributed by atoms with Gasteiger partial charge in [0.2, 0.25) is 0 Å². The number of aromatic nitrogens is 2. The Hall–Kier alpha value is -1.36. The fraction of sp³-hybridized carbons (Fsp3) is 0.733. The van der Waals surface area contributed by atoms with Gasteiger partial charge in [-0.05, 0) is 26.2 Å². The monoisotopic (exact) mass is 278 g/mol. The Balaban J connectivity index is 1.94. The summed E-state index contributed by atoms with van der Waals surface area (Å²) < 4.78 is 5.63. The van der Waals surface area contributed by atoms with Gasteiger partial charge in [-0.3, -0.25) is 0 Å². The van der Waals surface area contributed by atoms with E-state index in [0.29, 0.717) is 12.0 Å². The van der Waals surface area contributed by atoms with Gasteiger partial charge < -0.3 is 15.4 Å². The summed E-state index contributed by atoms with van der Waals surface area (Å²) in [5.74, 6) is 3.00. The summed E-state index contributed by atoms with van der Waals surface area (Å²) in [7, 11) is 0. The van der Waals surface area contributed by atoms with Crippen molar-refractivity contribution in [3.8, 4) is 0 Å². The van der Waals surface area contributed by atoms with Crippen LogP contribution < -0.4 is 10.6 Å². The van der Waals surface area contributed by atoms with Crippen LogP contribution in [-0.4, -0.2) is 35.8 Å². The van der Waals surface area contributed by atoms with Crippen molar-refractivity contribution >= 4 is 11.6 Å². The summed E-state index contributed by atoms with van der Waals surface area (Å²) in [5, 5.41) is 6.65. The van der Waals surface area contributed by atoms with Gasteiger partial charge in [-0.2, -0.15) is 0 Å². The Bertz CT molecular complexity index is 416. The lowest BCUT2D eigenvalue weighted by molar-refractivity contribution is 0.107. The molecule has 2 N–H and O–H groups in total. The third kappa shape index (κ3) is 4.34. The summed E-state index contributed by atoms with van der Waals surface area (Å²) in [6.45, 7) is 8.97. The van der Waals surface area contributed by atoms with Crippen molar-refractivity contribution in [3.63, 3.8) is 0 Å². The van der Waals surface area contributed by atoms with E-state index in [4.69, 9.17) is 4.74 Å². The van der Waals surface area contributed by atoms with Crippen molar-refractivity contribution in [3.05, 3.63) is 11.9 Å². The Labute approximate surface area is 121 Å². The maximum Gasteiger partial charge on any atom is 0.135 e. The molecule has 5 nitrogen and oxygen atoms in total. The summed E-state index contributed by atoms with van der Waals surface area (Å²) in [6.07, 6.45) is 3.84. The van der Waals surface area contributed by atoms with Crippen LogP contribution in [0.15, 0.2) is 6.07 Å². The second kappa shape index (κ2) is 7.43. The summed E-state index contributed by atoms with van der Waals surface area (Å²) in [5.41, 5.74) is 0. The van der Waals surface area contributed by atoms with Gasteiger partial charge in [0.05, 0.1) is 6.10 Å². The highest BCUT2D eigenvalue weighted by Gasteiger charge is 2.15. The SMILES string of the molecule is CCNc1cc(NCCC2CCCO2)nc(C(C)C)n1. The Morgan fingerprint density at radius 2 is 2.05 bits per heavy atom. The van der Waals surface area contributed by atoms with Crippen LogP contribution in [0.5, 0.6) is 0 Å². The number of nitrogens with zero attached hydrogens (tertiary/aromatic N) is 2. The van der Waals surface area contributed by atoms with Crippen LogP contribution in [0.4, 0.5) is 11.6 Å². The molecule has 0 saturated carbocycles. The minimum atomic E-state index is 0.326. The molecule has 2 heterocycles. The number of hydrogen-bond acceptors (Lipinski definition) is 5. The second-order valence-electron chi connectivity index (χ2n) is 5.53. The lowest BCUT2D eigenvalue weighted by atomic mass is 10.2. The van der Waals surface area contributed by atoms with Crippen molar-refractivity contribution in [1.82, 2.24) is 9.97 Å². The first-order valence-corrected chi connectivity index (χ1v) is 7.67. The number of anilines is 2. The number of rotatable bonds is 7. The number of hydrogen-bond donors (Lipinski definition) is 2. The van der Waals surface area contributed by atoms with Gasteiger partial charge >= 0.3 is 0 Å². The summed E-state index contributed by atoms with van der Waals surface area (Å²) >= 11 is 0. The predicted octanol–water partition coefficient (Wildman–Crippen LogP) is 3.01. The fourth-order valence-electron chi connectivity index (χ4n) is 2.32. The van der Waals surface area contributed by atoms with Crippen molar-refractivity contribution < 1.29 is 4.74 Å². The van der Waals surface area contributed by atoms with Gasteiger partial charge in [0.1, 0.15) is 17.5 Å². The van der Waals surface area contributed by atoms with Crippen molar-refractivity contribution in [2.45, 2.75) is 52.1 Å². The molecule has 112 valence electrons. The molecule has 0 aliphatic carbocycles.